The number of hydrogen-bond acceptors (Lipinski definition) is 3. The molecule has 12 heavy (non-hydrogen) atoms. The summed E-state index contributed by atoms with van der Waals surface area (Å²) in [5.74, 6) is -0.579. The number of nitrogens with two attached hydrogens (primary N) is 1. The Labute approximate surface area is 69.3 Å². The lowest BCUT2D eigenvalue weighted by molar-refractivity contribution is 0.265. The molecule has 0 bridgehead atoms. The van der Waals surface area contributed by atoms with Crippen LogP contribution in [0.25, 0.3) is 0 Å². The number of phenolic OH excluding ortho intramolecular Hbond substituents is 1. The topological polar surface area (TPSA) is 66.5 Å². The van der Waals surface area contributed by atoms with Gasteiger partial charge < -0.3 is 15.9 Å². The molecule has 3 nitrogen and oxygen atoms in total. The van der Waals surface area contributed by atoms with Crippen LogP contribution in [-0.4, -0.2) is 16.8 Å². The Bertz CT molecular complexity index is 278. The molecule has 0 aliphatic carbocycles. The first-order valence-electron chi connectivity index (χ1n) is 3.50. The molecule has 0 heterocycles. The van der Waals surface area contributed by atoms with Crippen molar-refractivity contribution in [2.24, 2.45) is 5.73 Å². The van der Waals surface area contributed by atoms with Crippen LogP contribution in [0.2, 0.25) is 0 Å². The van der Waals surface area contributed by atoms with Gasteiger partial charge in [-0.15, -0.1) is 0 Å². The van der Waals surface area contributed by atoms with Crippen LogP contribution in [0.15, 0.2) is 18.2 Å². The zero-order valence-corrected chi connectivity index (χ0v) is 6.37. The van der Waals surface area contributed by atoms with Gasteiger partial charge in [0.05, 0.1) is 12.6 Å². The summed E-state index contributed by atoms with van der Waals surface area (Å²) in [6, 6.07) is 2.76. The number of phenols is 1. The van der Waals surface area contributed by atoms with E-state index >= 15 is 0 Å². The highest BCUT2D eigenvalue weighted by Gasteiger charge is 2.10. The van der Waals surface area contributed by atoms with Crippen LogP contribution in [0.5, 0.6) is 5.75 Å². The second-order valence-corrected chi connectivity index (χ2v) is 2.49. The van der Waals surface area contributed by atoms with Crippen molar-refractivity contribution in [3.63, 3.8) is 0 Å². The zero-order chi connectivity index (χ0) is 9.14. The summed E-state index contributed by atoms with van der Waals surface area (Å²) in [5, 5.41) is 17.6. The van der Waals surface area contributed by atoms with Gasteiger partial charge in [-0.05, 0) is 18.2 Å². The van der Waals surface area contributed by atoms with Gasteiger partial charge in [0.25, 0.3) is 0 Å². The Morgan fingerprint density at radius 3 is 2.75 bits per heavy atom. The zero-order valence-electron chi connectivity index (χ0n) is 6.37. The standard InChI is InChI=1S/C8H10FNO2/c9-7-2-1-5(12)3-6(7)8(10)4-11/h1-3,8,11-12H,4,10H2. The fourth-order valence-corrected chi connectivity index (χ4v) is 0.914. The molecule has 1 unspecified atom stereocenters. The van der Waals surface area contributed by atoms with E-state index in [-0.39, 0.29) is 17.9 Å². The molecule has 66 valence electrons. The molecule has 0 aliphatic heterocycles. The molecule has 0 aliphatic rings. The van der Waals surface area contributed by atoms with Crippen LogP contribution in [0.3, 0.4) is 0 Å². The largest absolute Gasteiger partial charge is 0.508 e. The van der Waals surface area contributed by atoms with Crippen molar-refractivity contribution >= 4 is 0 Å². The van der Waals surface area contributed by atoms with Gasteiger partial charge >= 0.3 is 0 Å². The van der Waals surface area contributed by atoms with Crippen LogP contribution < -0.4 is 5.73 Å². The van der Waals surface area contributed by atoms with E-state index < -0.39 is 11.9 Å². The first kappa shape index (κ1) is 8.96. The molecule has 1 rings (SSSR count). The molecular formula is C8H10FNO2. The van der Waals surface area contributed by atoms with Gasteiger partial charge in [0.15, 0.2) is 0 Å². The maximum atomic E-state index is 12.9. The third kappa shape index (κ3) is 1.72. The molecule has 0 radical (unpaired) electrons. The first-order valence-corrected chi connectivity index (χ1v) is 3.50. The molecule has 4 N–H and O–H groups in total. The lowest BCUT2D eigenvalue weighted by Gasteiger charge is -2.09. The van der Waals surface area contributed by atoms with Crippen LogP contribution in [-0.2, 0) is 0 Å². The van der Waals surface area contributed by atoms with E-state index in [2.05, 4.69) is 0 Å². The predicted molar refractivity (Wildman–Crippen MR) is 42.1 cm³/mol. The Morgan fingerprint density at radius 1 is 1.50 bits per heavy atom. The molecule has 0 aromatic heterocycles. The molecule has 4 heteroatoms. The summed E-state index contributed by atoms with van der Waals surface area (Å²) in [6.07, 6.45) is 0. The number of aliphatic hydroxyl groups excluding tert-OH is 1. The lowest BCUT2D eigenvalue weighted by Crippen LogP contribution is -2.15. The summed E-state index contributed by atoms with van der Waals surface area (Å²) in [6.45, 7) is -0.347. The first-order chi connectivity index (χ1) is 5.65. The lowest BCUT2D eigenvalue weighted by atomic mass is 10.1. The number of halogens is 1. The maximum Gasteiger partial charge on any atom is 0.128 e. The third-order valence-electron chi connectivity index (χ3n) is 1.58. The van der Waals surface area contributed by atoms with Gasteiger partial charge in [0.1, 0.15) is 11.6 Å². The number of benzene rings is 1. The average molecular weight is 171 g/mol. The van der Waals surface area contributed by atoms with E-state index in [4.69, 9.17) is 15.9 Å². The van der Waals surface area contributed by atoms with Gasteiger partial charge in [-0.3, -0.25) is 0 Å². The fraction of sp³-hybridized carbons (Fsp3) is 0.250. The minimum absolute atomic E-state index is 0.0599. The Kier molecular flexibility index (Phi) is 2.62. The van der Waals surface area contributed by atoms with Crippen LogP contribution in [0.1, 0.15) is 11.6 Å². The third-order valence-corrected chi connectivity index (χ3v) is 1.58. The van der Waals surface area contributed by atoms with E-state index in [1.165, 1.54) is 12.1 Å². The minimum Gasteiger partial charge on any atom is -0.508 e. The van der Waals surface area contributed by atoms with Crippen molar-refractivity contribution in [3.05, 3.63) is 29.6 Å². The smallest absolute Gasteiger partial charge is 0.128 e. The molecule has 0 spiro atoms. The second kappa shape index (κ2) is 3.51. The van der Waals surface area contributed by atoms with Crippen molar-refractivity contribution in [3.8, 4) is 5.75 Å². The van der Waals surface area contributed by atoms with Crippen molar-refractivity contribution in [1.82, 2.24) is 0 Å². The molecule has 0 saturated heterocycles. The summed E-state index contributed by atoms with van der Waals surface area (Å²) in [5.41, 5.74) is 5.49. The molecular weight excluding hydrogens is 161 g/mol. The summed E-state index contributed by atoms with van der Waals surface area (Å²) < 4.78 is 12.9. The van der Waals surface area contributed by atoms with Gasteiger partial charge in [0, 0.05) is 5.56 Å². The van der Waals surface area contributed by atoms with Crippen LogP contribution in [0, 0.1) is 5.82 Å². The quantitative estimate of drug-likeness (QED) is 0.607. The Hall–Kier alpha value is -1.13. The van der Waals surface area contributed by atoms with Gasteiger partial charge in [-0.25, -0.2) is 4.39 Å². The van der Waals surface area contributed by atoms with E-state index in [9.17, 15) is 4.39 Å². The van der Waals surface area contributed by atoms with Gasteiger partial charge in [-0.2, -0.15) is 0 Å². The molecule has 1 atom stereocenters. The molecule has 0 amide bonds. The highest BCUT2D eigenvalue weighted by molar-refractivity contribution is 5.30. The fourth-order valence-electron chi connectivity index (χ4n) is 0.914. The SMILES string of the molecule is NC(CO)c1cc(O)ccc1F. The van der Waals surface area contributed by atoms with Gasteiger partial charge in [0.2, 0.25) is 0 Å². The minimum atomic E-state index is -0.780. The van der Waals surface area contributed by atoms with E-state index in [0.717, 1.165) is 6.07 Å². The van der Waals surface area contributed by atoms with Gasteiger partial charge in [-0.1, -0.05) is 0 Å². The maximum absolute atomic E-state index is 12.9. The molecule has 0 saturated carbocycles. The van der Waals surface area contributed by atoms with Crippen molar-refractivity contribution in [2.75, 3.05) is 6.61 Å². The van der Waals surface area contributed by atoms with Crippen LogP contribution >= 0.6 is 0 Å². The van der Waals surface area contributed by atoms with Crippen molar-refractivity contribution in [1.29, 1.82) is 0 Å². The normalized spacial score (nSPS) is 12.9. The Balaban J connectivity index is 3.04. The predicted octanol–water partition coefficient (Wildman–Crippen LogP) is 0.523. The molecule has 1 aromatic carbocycles. The highest BCUT2D eigenvalue weighted by atomic mass is 19.1. The number of hydrogen-bond donors (Lipinski definition) is 3. The van der Waals surface area contributed by atoms with E-state index in [1.807, 2.05) is 0 Å². The summed E-state index contributed by atoms with van der Waals surface area (Å²) in [7, 11) is 0. The number of aliphatic hydroxyl groups is 1. The molecule has 1 aromatic rings. The van der Waals surface area contributed by atoms with E-state index in [0.29, 0.717) is 0 Å². The monoisotopic (exact) mass is 171 g/mol. The van der Waals surface area contributed by atoms with Crippen molar-refractivity contribution < 1.29 is 14.6 Å². The summed E-state index contributed by atoms with van der Waals surface area (Å²) in [4.78, 5) is 0. The van der Waals surface area contributed by atoms with Crippen molar-refractivity contribution in [2.45, 2.75) is 6.04 Å². The highest BCUT2D eigenvalue weighted by Crippen LogP contribution is 2.19. The Morgan fingerprint density at radius 2 is 2.17 bits per heavy atom. The van der Waals surface area contributed by atoms with E-state index in [1.54, 1.807) is 0 Å². The number of aromatic hydroxyl groups is 1. The summed E-state index contributed by atoms with van der Waals surface area (Å²) >= 11 is 0. The molecule has 0 fully saturated rings. The second-order valence-electron chi connectivity index (χ2n) is 2.49. The average Bonchev–Trinajstić information content (AvgIpc) is 2.08. The van der Waals surface area contributed by atoms with Crippen LogP contribution in [0.4, 0.5) is 4.39 Å². The number of rotatable bonds is 2.